The van der Waals surface area contributed by atoms with Crippen molar-refractivity contribution in [2.24, 2.45) is 0 Å². The van der Waals surface area contributed by atoms with Gasteiger partial charge in [-0.15, -0.1) is 10.2 Å². The molecule has 6 heteroatoms. The predicted molar refractivity (Wildman–Crippen MR) is 96.6 cm³/mol. The smallest absolute Gasteiger partial charge is 0.234 e. The number of para-hydroxylation sites is 2. The molecule has 1 aromatic heterocycles. The molecule has 2 aromatic carbocycles. The average molecular weight is 338 g/mol. The number of hydrogen-bond donors (Lipinski definition) is 1. The van der Waals surface area contributed by atoms with Gasteiger partial charge in [-0.25, -0.2) is 0 Å². The Morgan fingerprint density at radius 2 is 1.79 bits per heavy atom. The SMILES string of the molecule is Cc1ccccc1NC(=O)CSc1nncn1-c1ccccc1C. The quantitative estimate of drug-likeness (QED) is 0.722. The van der Waals surface area contributed by atoms with Gasteiger partial charge in [-0.1, -0.05) is 48.2 Å². The second kappa shape index (κ2) is 7.31. The Morgan fingerprint density at radius 1 is 1.08 bits per heavy atom. The molecule has 1 heterocycles. The van der Waals surface area contributed by atoms with Crippen LogP contribution in [0.4, 0.5) is 5.69 Å². The summed E-state index contributed by atoms with van der Waals surface area (Å²) in [5.74, 6) is 0.215. The Hall–Kier alpha value is -2.60. The lowest BCUT2D eigenvalue weighted by molar-refractivity contribution is -0.113. The molecule has 0 unspecified atom stereocenters. The summed E-state index contributed by atoms with van der Waals surface area (Å²) in [5, 5.41) is 11.7. The number of nitrogens with zero attached hydrogens (tertiary/aromatic N) is 3. The molecule has 3 aromatic rings. The van der Waals surface area contributed by atoms with E-state index in [1.54, 1.807) is 6.33 Å². The lowest BCUT2D eigenvalue weighted by Gasteiger charge is -2.10. The summed E-state index contributed by atoms with van der Waals surface area (Å²) in [5.41, 5.74) is 4.02. The summed E-state index contributed by atoms with van der Waals surface area (Å²) in [7, 11) is 0. The van der Waals surface area contributed by atoms with E-state index in [9.17, 15) is 4.79 Å². The van der Waals surface area contributed by atoms with Crippen LogP contribution in [0.25, 0.3) is 5.69 Å². The van der Waals surface area contributed by atoms with E-state index >= 15 is 0 Å². The molecule has 3 rings (SSSR count). The average Bonchev–Trinajstić information content (AvgIpc) is 3.04. The van der Waals surface area contributed by atoms with E-state index in [-0.39, 0.29) is 11.7 Å². The van der Waals surface area contributed by atoms with Gasteiger partial charge in [0.2, 0.25) is 5.91 Å². The monoisotopic (exact) mass is 338 g/mol. The fraction of sp³-hybridized carbons (Fsp3) is 0.167. The number of carbonyl (C=O) groups is 1. The zero-order valence-electron chi connectivity index (χ0n) is 13.6. The fourth-order valence-electron chi connectivity index (χ4n) is 2.35. The number of amides is 1. The molecule has 0 aliphatic rings. The molecule has 0 bridgehead atoms. The van der Waals surface area contributed by atoms with Crippen LogP contribution in [0.15, 0.2) is 60.0 Å². The van der Waals surface area contributed by atoms with Gasteiger partial charge in [0, 0.05) is 5.69 Å². The maximum Gasteiger partial charge on any atom is 0.234 e. The maximum atomic E-state index is 12.2. The number of thioether (sulfide) groups is 1. The van der Waals surface area contributed by atoms with Crippen molar-refractivity contribution in [1.82, 2.24) is 14.8 Å². The van der Waals surface area contributed by atoms with Gasteiger partial charge in [0.05, 0.1) is 11.4 Å². The number of benzene rings is 2. The van der Waals surface area contributed by atoms with E-state index in [1.807, 2.05) is 66.9 Å². The highest BCUT2D eigenvalue weighted by Gasteiger charge is 2.12. The minimum atomic E-state index is -0.0615. The second-order valence-electron chi connectivity index (χ2n) is 5.42. The molecule has 5 nitrogen and oxygen atoms in total. The van der Waals surface area contributed by atoms with Crippen LogP contribution < -0.4 is 5.32 Å². The van der Waals surface area contributed by atoms with E-state index in [0.717, 1.165) is 22.5 Å². The Balaban J connectivity index is 1.68. The highest BCUT2D eigenvalue weighted by Crippen LogP contribution is 2.22. The van der Waals surface area contributed by atoms with Crippen molar-refractivity contribution in [1.29, 1.82) is 0 Å². The zero-order valence-corrected chi connectivity index (χ0v) is 14.4. The molecule has 24 heavy (non-hydrogen) atoms. The van der Waals surface area contributed by atoms with Crippen LogP contribution in [0.1, 0.15) is 11.1 Å². The summed E-state index contributed by atoms with van der Waals surface area (Å²) in [6.45, 7) is 4.01. The fourth-order valence-corrected chi connectivity index (χ4v) is 3.07. The lowest BCUT2D eigenvalue weighted by atomic mass is 10.2. The Labute approximate surface area is 145 Å². The van der Waals surface area contributed by atoms with Crippen molar-refractivity contribution in [3.05, 3.63) is 66.0 Å². The first-order valence-corrected chi connectivity index (χ1v) is 8.58. The van der Waals surface area contributed by atoms with Crippen molar-refractivity contribution >= 4 is 23.4 Å². The van der Waals surface area contributed by atoms with E-state index in [4.69, 9.17) is 0 Å². The highest BCUT2D eigenvalue weighted by molar-refractivity contribution is 7.99. The van der Waals surface area contributed by atoms with E-state index < -0.39 is 0 Å². The van der Waals surface area contributed by atoms with Gasteiger partial charge in [0.25, 0.3) is 0 Å². The van der Waals surface area contributed by atoms with Gasteiger partial charge >= 0.3 is 0 Å². The number of rotatable bonds is 5. The molecule has 0 aliphatic carbocycles. The molecule has 0 radical (unpaired) electrons. The van der Waals surface area contributed by atoms with Crippen molar-refractivity contribution in [2.75, 3.05) is 11.1 Å². The maximum absolute atomic E-state index is 12.2. The molecule has 0 saturated heterocycles. The van der Waals surface area contributed by atoms with Crippen LogP contribution in [0, 0.1) is 13.8 Å². The van der Waals surface area contributed by atoms with Crippen LogP contribution in [-0.2, 0) is 4.79 Å². The van der Waals surface area contributed by atoms with Gasteiger partial charge in [-0.2, -0.15) is 0 Å². The van der Waals surface area contributed by atoms with Crippen LogP contribution in [-0.4, -0.2) is 26.4 Å². The Morgan fingerprint density at radius 3 is 2.54 bits per heavy atom. The van der Waals surface area contributed by atoms with Gasteiger partial charge in [-0.3, -0.25) is 9.36 Å². The largest absolute Gasteiger partial charge is 0.325 e. The molecule has 0 spiro atoms. The third kappa shape index (κ3) is 3.65. The summed E-state index contributed by atoms with van der Waals surface area (Å²) in [4.78, 5) is 12.2. The highest BCUT2D eigenvalue weighted by atomic mass is 32.2. The van der Waals surface area contributed by atoms with Crippen molar-refractivity contribution in [3.63, 3.8) is 0 Å². The topological polar surface area (TPSA) is 59.8 Å². The number of nitrogens with one attached hydrogen (secondary N) is 1. The van der Waals surface area contributed by atoms with E-state index in [0.29, 0.717) is 5.16 Å². The predicted octanol–water partition coefficient (Wildman–Crippen LogP) is 3.61. The van der Waals surface area contributed by atoms with Crippen molar-refractivity contribution in [3.8, 4) is 5.69 Å². The Kier molecular flexibility index (Phi) is 4.96. The summed E-state index contributed by atoms with van der Waals surface area (Å²) in [6.07, 6.45) is 1.67. The van der Waals surface area contributed by atoms with Crippen LogP contribution in [0.5, 0.6) is 0 Å². The minimum Gasteiger partial charge on any atom is -0.325 e. The standard InChI is InChI=1S/C18H18N4OS/c1-13-7-3-5-9-15(13)20-17(23)11-24-18-21-19-12-22(18)16-10-6-4-8-14(16)2/h3-10,12H,11H2,1-2H3,(H,20,23). The van der Waals surface area contributed by atoms with Gasteiger partial charge in [-0.05, 0) is 37.1 Å². The molecular formula is C18H18N4OS. The molecule has 0 atom stereocenters. The van der Waals surface area contributed by atoms with Gasteiger partial charge in [0.15, 0.2) is 5.16 Å². The molecule has 0 fully saturated rings. The number of anilines is 1. The normalized spacial score (nSPS) is 10.6. The molecule has 1 amide bonds. The van der Waals surface area contributed by atoms with Crippen molar-refractivity contribution in [2.45, 2.75) is 19.0 Å². The van der Waals surface area contributed by atoms with E-state index in [1.165, 1.54) is 11.8 Å². The number of hydrogen-bond acceptors (Lipinski definition) is 4. The lowest BCUT2D eigenvalue weighted by Crippen LogP contribution is -2.15. The third-order valence-corrected chi connectivity index (χ3v) is 4.59. The number of carbonyl (C=O) groups excluding carboxylic acids is 1. The Bertz CT molecular complexity index is 859. The summed E-state index contributed by atoms with van der Waals surface area (Å²) < 4.78 is 1.90. The van der Waals surface area contributed by atoms with Crippen LogP contribution in [0.2, 0.25) is 0 Å². The molecule has 0 saturated carbocycles. The van der Waals surface area contributed by atoms with Crippen LogP contribution in [0.3, 0.4) is 0 Å². The van der Waals surface area contributed by atoms with Crippen molar-refractivity contribution < 1.29 is 4.79 Å². The molecular weight excluding hydrogens is 320 g/mol. The van der Waals surface area contributed by atoms with Crippen LogP contribution >= 0.6 is 11.8 Å². The van der Waals surface area contributed by atoms with E-state index in [2.05, 4.69) is 15.5 Å². The summed E-state index contributed by atoms with van der Waals surface area (Å²) >= 11 is 1.37. The third-order valence-electron chi connectivity index (χ3n) is 3.64. The molecule has 122 valence electrons. The van der Waals surface area contributed by atoms with Gasteiger partial charge in [0.1, 0.15) is 6.33 Å². The molecule has 0 aliphatic heterocycles. The minimum absolute atomic E-state index is 0.0615. The second-order valence-corrected chi connectivity index (χ2v) is 6.36. The van der Waals surface area contributed by atoms with Gasteiger partial charge < -0.3 is 5.32 Å². The first-order valence-electron chi connectivity index (χ1n) is 7.59. The molecule has 1 N–H and O–H groups in total. The first-order chi connectivity index (χ1) is 11.6. The zero-order chi connectivity index (χ0) is 16.9. The summed E-state index contributed by atoms with van der Waals surface area (Å²) in [6, 6.07) is 15.7. The number of aromatic nitrogens is 3. The first kappa shape index (κ1) is 16.3. The number of aryl methyl sites for hydroxylation is 2.